The maximum Gasteiger partial charge on any atom is 0.338 e. The van der Waals surface area contributed by atoms with E-state index in [0.29, 0.717) is 5.56 Å². The highest BCUT2D eigenvalue weighted by Crippen LogP contribution is 2.33. The summed E-state index contributed by atoms with van der Waals surface area (Å²) in [4.78, 5) is 12.2. The van der Waals surface area contributed by atoms with E-state index in [1.807, 2.05) is 60.7 Å². The second kappa shape index (κ2) is 6.93. The molecule has 0 unspecified atom stereocenters. The number of carbonyl (C=O) groups is 1. The van der Waals surface area contributed by atoms with Crippen LogP contribution in [-0.2, 0) is 4.74 Å². The van der Waals surface area contributed by atoms with E-state index < -0.39 is 0 Å². The number of rotatable bonds is 4. The molecule has 0 saturated carbocycles. The van der Waals surface area contributed by atoms with Crippen LogP contribution in [0.5, 0.6) is 0 Å². The maximum atomic E-state index is 12.2. The molecule has 0 bridgehead atoms. The van der Waals surface area contributed by atoms with E-state index in [1.165, 1.54) is 7.11 Å². The highest BCUT2D eigenvalue weighted by atomic mass is 16.5. The van der Waals surface area contributed by atoms with Gasteiger partial charge in [-0.15, -0.1) is 0 Å². The van der Waals surface area contributed by atoms with Crippen molar-refractivity contribution >= 4 is 5.97 Å². The fraction of sp³-hybridized carbons (Fsp3) is 0.0952. The Balaban J connectivity index is 2.20. The molecule has 0 saturated heterocycles. The fourth-order valence-electron chi connectivity index (χ4n) is 2.89. The monoisotopic (exact) mass is 302 g/mol. The Hall–Kier alpha value is -2.87. The zero-order valence-electron chi connectivity index (χ0n) is 13.0. The molecular formula is C21H18O2. The van der Waals surface area contributed by atoms with Crippen molar-refractivity contribution < 1.29 is 9.53 Å². The predicted octanol–water partition coefficient (Wildman–Crippen LogP) is 4.65. The highest BCUT2D eigenvalue weighted by molar-refractivity contribution is 5.91. The number of hydrogen-bond acceptors (Lipinski definition) is 2. The second-order valence-corrected chi connectivity index (χ2v) is 5.33. The fourth-order valence-corrected chi connectivity index (χ4v) is 2.89. The van der Waals surface area contributed by atoms with Crippen molar-refractivity contribution in [1.29, 1.82) is 0 Å². The average molecular weight is 302 g/mol. The van der Waals surface area contributed by atoms with E-state index in [9.17, 15) is 4.79 Å². The summed E-state index contributed by atoms with van der Waals surface area (Å²) < 4.78 is 4.96. The number of esters is 1. The van der Waals surface area contributed by atoms with Gasteiger partial charge in [0.05, 0.1) is 12.7 Å². The summed E-state index contributed by atoms with van der Waals surface area (Å²) >= 11 is 0. The molecule has 0 aromatic heterocycles. The minimum atomic E-state index is -0.308. The van der Waals surface area contributed by atoms with Crippen molar-refractivity contribution in [1.82, 2.24) is 0 Å². The summed E-state index contributed by atoms with van der Waals surface area (Å²) in [5, 5.41) is 0. The average Bonchev–Trinajstić information content (AvgIpc) is 2.63. The predicted molar refractivity (Wildman–Crippen MR) is 91.6 cm³/mol. The molecule has 114 valence electrons. The largest absolute Gasteiger partial charge is 0.465 e. The number of carbonyl (C=O) groups excluding carboxylic acids is 1. The van der Waals surface area contributed by atoms with Gasteiger partial charge >= 0.3 is 5.97 Å². The van der Waals surface area contributed by atoms with Crippen LogP contribution < -0.4 is 0 Å². The Morgan fingerprint density at radius 3 is 1.74 bits per heavy atom. The quantitative estimate of drug-likeness (QED) is 0.518. The zero-order chi connectivity index (χ0) is 16.1. The van der Waals surface area contributed by atoms with Gasteiger partial charge in [-0.05, 0) is 22.8 Å². The molecule has 0 aliphatic carbocycles. The lowest BCUT2D eigenvalue weighted by atomic mass is 9.83. The third-order valence-corrected chi connectivity index (χ3v) is 3.94. The first-order valence-electron chi connectivity index (χ1n) is 7.58. The number of benzene rings is 3. The molecule has 3 aromatic carbocycles. The highest BCUT2D eigenvalue weighted by Gasteiger charge is 2.22. The topological polar surface area (TPSA) is 26.3 Å². The molecule has 23 heavy (non-hydrogen) atoms. The van der Waals surface area contributed by atoms with Gasteiger partial charge < -0.3 is 4.74 Å². The lowest BCUT2D eigenvalue weighted by molar-refractivity contribution is 0.0599. The van der Waals surface area contributed by atoms with E-state index in [1.54, 1.807) is 0 Å². The minimum Gasteiger partial charge on any atom is -0.465 e. The Kier molecular flexibility index (Phi) is 4.53. The van der Waals surface area contributed by atoms with E-state index in [0.717, 1.165) is 16.7 Å². The zero-order valence-corrected chi connectivity index (χ0v) is 13.0. The Morgan fingerprint density at radius 2 is 1.22 bits per heavy atom. The molecule has 0 N–H and O–H groups in total. The second-order valence-electron chi connectivity index (χ2n) is 5.33. The van der Waals surface area contributed by atoms with Crippen LogP contribution in [0.4, 0.5) is 0 Å². The lowest BCUT2D eigenvalue weighted by Gasteiger charge is -2.21. The molecule has 0 amide bonds. The number of methoxy groups -OCH3 is 1. The Labute approximate surface area is 136 Å². The summed E-state index contributed by atoms with van der Waals surface area (Å²) in [5.74, 6) is -0.315. The van der Waals surface area contributed by atoms with Gasteiger partial charge in [0.15, 0.2) is 0 Å². The van der Waals surface area contributed by atoms with Crippen molar-refractivity contribution in [3.8, 4) is 0 Å². The summed E-state index contributed by atoms with van der Waals surface area (Å²) in [7, 11) is 1.42. The van der Waals surface area contributed by atoms with Gasteiger partial charge in [-0.3, -0.25) is 0 Å². The van der Waals surface area contributed by atoms with Crippen LogP contribution in [0.2, 0.25) is 0 Å². The van der Waals surface area contributed by atoms with Gasteiger partial charge in [0.1, 0.15) is 0 Å². The first-order chi connectivity index (χ1) is 11.3. The molecule has 3 aromatic rings. The standard InChI is InChI=1S/C21H18O2/c1-23-21(22)19-15-9-8-14-18(19)20(16-10-4-2-5-11-16)17-12-6-3-7-13-17/h2-15,20H,1H3. The third-order valence-electron chi connectivity index (χ3n) is 3.94. The van der Waals surface area contributed by atoms with Crippen LogP contribution in [0.3, 0.4) is 0 Å². The van der Waals surface area contributed by atoms with Crippen LogP contribution >= 0.6 is 0 Å². The summed E-state index contributed by atoms with van der Waals surface area (Å²) in [5.41, 5.74) is 3.86. The Morgan fingerprint density at radius 1 is 0.739 bits per heavy atom. The van der Waals surface area contributed by atoms with Gasteiger partial charge in [0, 0.05) is 5.92 Å². The van der Waals surface area contributed by atoms with Gasteiger partial charge in [0.2, 0.25) is 0 Å². The van der Waals surface area contributed by atoms with Crippen molar-refractivity contribution in [2.45, 2.75) is 5.92 Å². The summed E-state index contributed by atoms with van der Waals surface area (Å²) in [6.45, 7) is 0. The molecule has 0 heterocycles. The van der Waals surface area contributed by atoms with Crippen LogP contribution in [0.1, 0.15) is 33.0 Å². The molecule has 0 atom stereocenters. The van der Waals surface area contributed by atoms with Crippen molar-refractivity contribution in [2.24, 2.45) is 0 Å². The van der Waals surface area contributed by atoms with Crippen LogP contribution in [0, 0.1) is 0 Å². The first-order valence-corrected chi connectivity index (χ1v) is 7.58. The van der Waals surface area contributed by atoms with Crippen molar-refractivity contribution in [3.05, 3.63) is 107 Å². The molecule has 0 fully saturated rings. The van der Waals surface area contributed by atoms with Crippen LogP contribution in [0.15, 0.2) is 84.9 Å². The SMILES string of the molecule is COC(=O)c1ccccc1C(c1ccccc1)c1ccccc1. The Bertz CT molecular complexity index is 740. The molecule has 2 nitrogen and oxygen atoms in total. The third kappa shape index (κ3) is 3.16. The molecule has 0 aliphatic rings. The van der Waals surface area contributed by atoms with Crippen molar-refractivity contribution in [3.63, 3.8) is 0 Å². The van der Waals surface area contributed by atoms with E-state index in [2.05, 4.69) is 24.3 Å². The smallest absolute Gasteiger partial charge is 0.338 e. The molecule has 0 radical (unpaired) electrons. The van der Waals surface area contributed by atoms with E-state index in [-0.39, 0.29) is 11.9 Å². The molecule has 0 aliphatic heterocycles. The van der Waals surface area contributed by atoms with Gasteiger partial charge in [-0.1, -0.05) is 78.9 Å². The van der Waals surface area contributed by atoms with Crippen LogP contribution in [-0.4, -0.2) is 13.1 Å². The van der Waals surface area contributed by atoms with E-state index in [4.69, 9.17) is 4.74 Å². The maximum absolute atomic E-state index is 12.2. The van der Waals surface area contributed by atoms with Gasteiger partial charge in [0.25, 0.3) is 0 Å². The molecule has 3 rings (SSSR count). The number of ether oxygens (including phenoxy) is 1. The normalized spacial score (nSPS) is 10.5. The molecular weight excluding hydrogens is 284 g/mol. The summed E-state index contributed by atoms with van der Waals surface area (Å²) in [6, 6.07) is 28.1. The number of hydrogen-bond donors (Lipinski definition) is 0. The first kappa shape index (κ1) is 15.0. The van der Waals surface area contributed by atoms with Crippen LogP contribution in [0.25, 0.3) is 0 Å². The summed E-state index contributed by atoms with van der Waals surface area (Å²) in [6.07, 6.45) is 0. The van der Waals surface area contributed by atoms with Gasteiger partial charge in [-0.25, -0.2) is 4.79 Å². The van der Waals surface area contributed by atoms with Crippen molar-refractivity contribution in [2.75, 3.05) is 7.11 Å². The van der Waals surface area contributed by atoms with Gasteiger partial charge in [-0.2, -0.15) is 0 Å². The van der Waals surface area contributed by atoms with E-state index >= 15 is 0 Å². The molecule has 2 heteroatoms. The minimum absolute atomic E-state index is 0.00676. The molecule has 0 spiro atoms. The lowest BCUT2D eigenvalue weighted by Crippen LogP contribution is -2.11.